The summed E-state index contributed by atoms with van der Waals surface area (Å²) in [6.45, 7) is 6.37. The van der Waals surface area contributed by atoms with Gasteiger partial charge >= 0.3 is 0 Å². The largest absolute Gasteiger partial charge is 0.508 e. The summed E-state index contributed by atoms with van der Waals surface area (Å²) in [5, 5.41) is 20.5. The van der Waals surface area contributed by atoms with E-state index in [9.17, 15) is 10.2 Å². The molecule has 2 N–H and O–H groups in total. The van der Waals surface area contributed by atoms with Crippen molar-refractivity contribution >= 4 is 0 Å². The van der Waals surface area contributed by atoms with Gasteiger partial charge in [-0.1, -0.05) is 63.6 Å². The maximum atomic E-state index is 10.3. The monoisotopic (exact) mass is 270 g/mol. The predicted molar refractivity (Wildman–Crippen MR) is 82.1 cm³/mol. The van der Waals surface area contributed by atoms with E-state index in [0.717, 1.165) is 17.5 Å². The van der Waals surface area contributed by atoms with Gasteiger partial charge < -0.3 is 10.2 Å². The normalized spacial score (nSPS) is 13.2. The zero-order chi connectivity index (χ0) is 14.8. The predicted octanol–water partition coefficient (Wildman–Crippen LogP) is 4.45. The second-order valence-corrected chi connectivity index (χ2v) is 5.55. The van der Waals surface area contributed by atoms with Gasteiger partial charge in [-0.3, -0.25) is 0 Å². The van der Waals surface area contributed by atoms with Crippen LogP contribution in [0.4, 0.5) is 0 Å². The number of hydrogen-bond acceptors (Lipinski definition) is 2. The topological polar surface area (TPSA) is 40.5 Å². The highest BCUT2D eigenvalue weighted by atomic mass is 16.3. The molecule has 0 aliphatic carbocycles. The quantitative estimate of drug-likeness (QED) is 0.861. The van der Waals surface area contributed by atoms with Crippen LogP contribution in [0.15, 0.2) is 48.5 Å². The third-order valence-corrected chi connectivity index (χ3v) is 4.53. The van der Waals surface area contributed by atoms with Gasteiger partial charge in [0.25, 0.3) is 0 Å². The Morgan fingerprint density at radius 3 is 1.65 bits per heavy atom. The second kappa shape index (κ2) is 5.58. The Balaban J connectivity index is 2.70. The lowest BCUT2D eigenvalue weighted by molar-refractivity contribution is 0.334. The molecule has 0 fully saturated rings. The van der Waals surface area contributed by atoms with Crippen LogP contribution < -0.4 is 0 Å². The molecule has 2 aromatic rings. The molecule has 1 unspecified atom stereocenters. The number of phenols is 2. The van der Waals surface area contributed by atoms with Gasteiger partial charge in [-0.05, 0) is 18.1 Å². The smallest absolute Gasteiger partial charge is 0.119 e. The van der Waals surface area contributed by atoms with Crippen LogP contribution in [0.1, 0.15) is 38.3 Å². The van der Waals surface area contributed by atoms with Crippen molar-refractivity contribution in [2.45, 2.75) is 32.6 Å². The van der Waals surface area contributed by atoms with Crippen molar-refractivity contribution in [1.82, 2.24) is 0 Å². The zero-order valence-corrected chi connectivity index (χ0v) is 12.3. The van der Waals surface area contributed by atoms with E-state index in [1.165, 1.54) is 0 Å². The van der Waals surface area contributed by atoms with E-state index in [4.69, 9.17) is 0 Å². The summed E-state index contributed by atoms with van der Waals surface area (Å²) in [6.07, 6.45) is 0.958. The summed E-state index contributed by atoms with van der Waals surface area (Å²) in [7, 11) is 0. The molecule has 1 atom stereocenters. The van der Waals surface area contributed by atoms with E-state index in [1.807, 2.05) is 36.4 Å². The van der Waals surface area contributed by atoms with Gasteiger partial charge in [-0.25, -0.2) is 0 Å². The van der Waals surface area contributed by atoms with E-state index in [-0.39, 0.29) is 17.4 Å². The fourth-order valence-corrected chi connectivity index (χ4v) is 2.91. The number of rotatable bonds is 4. The van der Waals surface area contributed by atoms with Gasteiger partial charge in [0.15, 0.2) is 0 Å². The molecule has 0 spiro atoms. The van der Waals surface area contributed by atoms with Crippen LogP contribution in [0.25, 0.3) is 0 Å². The molecule has 0 aliphatic heterocycles. The lowest BCUT2D eigenvalue weighted by atomic mass is 9.66. The SMILES string of the molecule is CCC(C)C(C)(c1ccccc1O)c1ccccc1O. The van der Waals surface area contributed by atoms with Gasteiger partial charge in [0.05, 0.1) is 0 Å². The highest BCUT2D eigenvalue weighted by Gasteiger charge is 2.37. The first-order valence-electron chi connectivity index (χ1n) is 7.08. The molecule has 0 bridgehead atoms. The second-order valence-electron chi connectivity index (χ2n) is 5.55. The molecule has 0 aliphatic rings. The average Bonchev–Trinajstić information content (AvgIpc) is 2.46. The molecule has 2 nitrogen and oxygen atoms in total. The van der Waals surface area contributed by atoms with Gasteiger partial charge in [0.2, 0.25) is 0 Å². The molecule has 2 heteroatoms. The van der Waals surface area contributed by atoms with E-state index in [2.05, 4.69) is 20.8 Å². The summed E-state index contributed by atoms with van der Waals surface area (Å²) in [5.74, 6) is 0.834. The van der Waals surface area contributed by atoms with Crippen LogP contribution in [-0.4, -0.2) is 10.2 Å². The van der Waals surface area contributed by atoms with Gasteiger partial charge in [-0.15, -0.1) is 0 Å². The molecule has 20 heavy (non-hydrogen) atoms. The maximum Gasteiger partial charge on any atom is 0.119 e. The van der Waals surface area contributed by atoms with E-state index < -0.39 is 5.41 Å². The molecule has 0 aromatic heterocycles. The molecular formula is C18H22O2. The van der Waals surface area contributed by atoms with Crippen LogP contribution in [0, 0.1) is 5.92 Å². The first-order valence-corrected chi connectivity index (χ1v) is 7.08. The van der Waals surface area contributed by atoms with Crippen molar-refractivity contribution in [3.05, 3.63) is 59.7 Å². The van der Waals surface area contributed by atoms with Crippen LogP contribution in [0.5, 0.6) is 11.5 Å². The average molecular weight is 270 g/mol. The maximum absolute atomic E-state index is 10.3. The molecular weight excluding hydrogens is 248 g/mol. The summed E-state index contributed by atoms with van der Waals surface area (Å²) >= 11 is 0. The molecule has 0 amide bonds. The molecule has 0 radical (unpaired) electrons. The summed E-state index contributed by atoms with van der Waals surface area (Å²) in [5.41, 5.74) is 1.29. The van der Waals surface area contributed by atoms with Crippen molar-refractivity contribution in [2.75, 3.05) is 0 Å². The Kier molecular flexibility index (Phi) is 4.03. The van der Waals surface area contributed by atoms with Crippen LogP contribution >= 0.6 is 0 Å². The third kappa shape index (κ3) is 2.26. The number of aromatic hydroxyl groups is 2. The summed E-state index contributed by atoms with van der Waals surface area (Å²) < 4.78 is 0. The standard InChI is InChI=1S/C18H22O2/c1-4-13(2)18(3,14-9-5-7-11-16(14)19)15-10-6-8-12-17(15)20/h5-13,19-20H,4H2,1-3H3. The van der Waals surface area contributed by atoms with Crippen molar-refractivity contribution in [3.63, 3.8) is 0 Å². The van der Waals surface area contributed by atoms with Crippen molar-refractivity contribution in [1.29, 1.82) is 0 Å². The molecule has 2 rings (SSSR count). The Hall–Kier alpha value is -1.96. The lowest BCUT2D eigenvalue weighted by Crippen LogP contribution is -2.31. The number of benzene rings is 2. The van der Waals surface area contributed by atoms with E-state index in [0.29, 0.717) is 0 Å². The fourth-order valence-electron chi connectivity index (χ4n) is 2.91. The molecule has 0 heterocycles. The minimum absolute atomic E-state index is 0.276. The summed E-state index contributed by atoms with van der Waals surface area (Å²) in [4.78, 5) is 0. The Labute approximate surface area is 120 Å². The number of phenolic OH excluding ortho intramolecular Hbond substituents is 2. The highest BCUT2D eigenvalue weighted by molar-refractivity contribution is 5.50. The molecule has 106 valence electrons. The Morgan fingerprint density at radius 2 is 1.30 bits per heavy atom. The van der Waals surface area contributed by atoms with E-state index in [1.54, 1.807) is 12.1 Å². The lowest BCUT2D eigenvalue weighted by Gasteiger charge is -2.37. The van der Waals surface area contributed by atoms with Crippen LogP contribution in [0.3, 0.4) is 0 Å². The molecule has 2 aromatic carbocycles. The first-order chi connectivity index (χ1) is 9.51. The Bertz CT molecular complexity index is 544. The highest BCUT2D eigenvalue weighted by Crippen LogP contribution is 2.46. The number of para-hydroxylation sites is 2. The summed E-state index contributed by atoms with van der Waals surface area (Å²) in [6, 6.07) is 14.8. The van der Waals surface area contributed by atoms with Gasteiger partial charge in [0, 0.05) is 16.5 Å². The third-order valence-electron chi connectivity index (χ3n) is 4.53. The number of hydrogen-bond donors (Lipinski definition) is 2. The minimum atomic E-state index is -0.425. The molecule has 0 saturated carbocycles. The fraction of sp³-hybridized carbons (Fsp3) is 0.333. The van der Waals surface area contributed by atoms with Crippen molar-refractivity contribution < 1.29 is 10.2 Å². The van der Waals surface area contributed by atoms with E-state index >= 15 is 0 Å². The molecule has 0 saturated heterocycles. The van der Waals surface area contributed by atoms with Crippen LogP contribution in [0.2, 0.25) is 0 Å². The van der Waals surface area contributed by atoms with Crippen LogP contribution in [-0.2, 0) is 5.41 Å². The minimum Gasteiger partial charge on any atom is -0.508 e. The van der Waals surface area contributed by atoms with Gasteiger partial charge in [0.1, 0.15) is 11.5 Å². The van der Waals surface area contributed by atoms with Crippen molar-refractivity contribution in [2.24, 2.45) is 5.92 Å². The Morgan fingerprint density at radius 1 is 0.900 bits per heavy atom. The first kappa shape index (κ1) is 14.4. The zero-order valence-electron chi connectivity index (χ0n) is 12.3. The van der Waals surface area contributed by atoms with Crippen molar-refractivity contribution in [3.8, 4) is 11.5 Å². The van der Waals surface area contributed by atoms with Gasteiger partial charge in [-0.2, -0.15) is 0 Å².